The summed E-state index contributed by atoms with van der Waals surface area (Å²) in [7, 11) is -1.99. The number of nitrogens with one attached hydrogen (secondary N) is 1. The Kier molecular flexibility index (Phi) is 6.79. The molecule has 31 heavy (non-hydrogen) atoms. The Balaban J connectivity index is 1.95. The van der Waals surface area contributed by atoms with Crippen molar-refractivity contribution in [3.8, 4) is 0 Å². The van der Waals surface area contributed by atoms with Crippen LogP contribution < -0.4 is 15.9 Å². The highest BCUT2D eigenvalue weighted by Crippen LogP contribution is 2.66. The van der Waals surface area contributed by atoms with E-state index in [9.17, 15) is 0 Å². The first kappa shape index (κ1) is 21.3. The zero-order valence-electron chi connectivity index (χ0n) is 18.2. The zero-order chi connectivity index (χ0) is 21.5. The third-order valence-corrected chi connectivity index (χ3v) is 10.1. The molecular weight excluding hydrogens is 395 g/mol. The minimum Gasteiger partial charge on any atom is -0.370 e. The lowest BCUT2D eigenvalue weighted by Gasteiger charge is -2.28. The Morgan fingerprint density at radius 2 is 1.68 bits per heavy atom. The quantitative estimate of drug-likeness (QED) is 0.357. The van der Waals surface area contributed by atoms with Crippen molar-refractivity contribution in [1.82, 2.24) is 4.98 Å². The van der Waals surface area contributed by atoms with Crippen molar-refractivity contribution in [3.63, 3.8) is 0 Å². The maximum atomic E-state index is 5.09. The fraction of sp³-hybridized carbons (Fsp3) is 0.179. The second-order valence-corrected chi connectivity index (χ2v) is 11.3. The number of nitrogens with zero attached hydrogens (tertiary/aromatic N) is 1. The van der Waals surface area contributed by atoms with Crippen LogP contribution >= 0.6 is 7.26 Å². The van der Waals surface area contributed by atoms with E-state index in [-0.39, 0.29) is 0 Å². The Morgan fingerprint density at radius 3 is 2.29 bits per heavy atom. The molecule has 0 amide bonds. The molecule has 0 aliphatic carbocycles. The van der Waals surface area contributed by atoms with E-state index < -0.39 is 7.26 Å². The predicted octanol–water partition coefficient (Wildman–Crippen LogP) is 6.25. The van der Waals surface area contributed by atoms with E-state index in [1.165, 1.54) is 27.9 Å². The molecule has 0 atom stereocenters. The van der Waals surface area contributed by atoms with E-state index in [4.69, 9.17) is 4.98 Å². The highest BCUT2D eigenvalue weighted by molar-refractivity contribution is 7.92. The molecule has 0 saturated heterocycles. The summed E-state index contributed by atoms with van der Waals surface area (Å²) in [5, 5.41) is 7.54. The van der Waals surface area contributed by atoms with E-state index in [2.05, 4.69) is 110 Å². The van der Waals surface area contributed by atoms with Crippen molar-refractivity contribution in [2.75, 3.05) is 11.9 Å². The van der Waals surface area contributed by atoms with E-state index in [1.807, 2.05) is 6.08 Å². The van der Waals surface area contributed by atoms with Gasteiger partial charge in [-0.2, -0.15) is 0 Å². The number of hydrogen-bond acceptors (Lipinski definition) is 2. The smallest absolute Gasteiger partial charge is 0.129 e. The molecule has 0 saturated carbocycles. The lowest BCUT2D eigenvalue weighted by Crippen LogP contribution is -2.25. The number of benzene rings is 2. The van der Waals surface area contributed by atoms with Crippen molar-refractivity contribution < 1.29 is 0 Å². The largest absolute Gasteiger partial charge is 0.370 e. The molecule has 3 heteroatoms. The molecule has 156 valence electrons. The second kappa shape index (κ2) is 9.90. The molecule has 0 bridgehead atoms. The lowest BCUT2D eigenvalue weighted by atomic mass is 10.1. The molecule has 2 nitrogen and oxygen atoms in total. The minimum atomic E-state index is -1.99. The third-order valence-electron chi connectivity index (χ3n) is 5.81. The van der Waals surface area contributed by atoms with Gasteiger partial charge >= 0.3 is 0 Å². The van der Waals surface area contributed by atoms with Crippen LogP contribution in [0.2, 0.25) is 0 Å². The van der Waals surface area contributed by atoms with Gasteiger partial charge in [-0.3, -0.25) is 0 Å². The predicted molar refractivity (Wildman–Crippen MR) is 137 cm³/mol. The number of anilines is 1. The van der Waals surface area contributed by atoms with Gasteiger partial charge in [0.2, 0.25) is 0 Å². The molecule has 0 spiro atoms. The molecule has 1 aliphatic heterocycles. The molecule has 1 aliphatic rings. The molecule has 0 fully saturated rings. The van der Waals surface area contributed by atoms with Gasteiger partial charge in [0.15, 0.2) is 0 Å². The van der Waals surface area contributed by atoms with Gasteiger partial charge in [0.25, 0.3) is 0 Å². The number of hydrogen-bond donors (Lipinski definition) is 1. The number of fused-ring (bicyclic) bond motifs is 1. The molecule has 4 rings (SSSR count). The Bertz CT molecular complexity index is 1050. The van der Waals surface area contributed by atoms with Crippen molar-refractivity contribution in [2.24, 2.45) is 0 Å². The fourth-order valence-electron chi connectivity index (χ4n) is 4.39. The van der Waals surface area contributed by atoms with Crippen molar-refractivity contribution in [2.45, 2.75) is 25.9 Å². The first-order chi connectivity index (χ1) is 15.3. The summed E-state index contributed by atoms with van der Waals surface area (Å²) in [6.45, 7) is 7.12. The summed E-state index contributed by atoms with van der Waals surface area (Å²) >= 11 is 0. The highest BCUT2D eigenvalue weighted by atomic mass is 31.2. The first-order valence-electron chi connectivity index (χ1n) is 11.0. The summed E-state index contributed by atoms with van der Waals surface area (Å²) in [6, 6.07) is 26.4. The molecule has 2 aromatic carbocycles. The maximum Gasteiger partial charge on any atom is 0.129 e. The van der Waals surface area contributed by atoms with Gasteiger partial charge in [-0.25, -0.2) is 4.98 Å². The monoisotopic (exact) mass is 425 g/mol. The fourth-order valence-corrected chi connectivity index (χ4v) is 8.62. The van der Waals surface area contributed by atoms with E-state index in [1.54, 1.807) is 0 Å². The normalized spacial score (nSPS) is 14.2. The number of aromatic nitrogens is 1. The molecule has 1 aromatic heterocycles. The molecule has 1 N–H and O–H groups in total. The Labute approximate surface area is 186 Å². The van der Waals surface area contributed by atoms with Crippen LogP contribution in [0.25, 0.3) is 0 Å². The number of allylic oxidation sites excluding steroid dienone is 5. The van der Waals surface area contributed by atoms with Gasteiger partial charge in [0, 0.05) is 6.54 Å². The Morgan fingerprint density at radius 1 is 1.00 bits per heavy atom. The summed E-state index contributed by atoms with van der Waals surface area (Å²) in [5.74, 6) is 1.06. The van der Waals surface area contributed by atoms with Gasteiger partial charge < -0.3 is 5.32 Å². The SMILES string of the molecule is C=C/C=C(\C=C/C)[P+](Cc1ccc2c(n1)NCCC2)(c1ccccc1)c1ccccc1. The van der Waals surface area contributed by atoms with E-state index in [0.29, 0.717) is 0 Å². The summed E-state index contributed by atoms with van der Waals surface area (Å²) in [6.07, 6.45) is 11.6. The molecule has 3 aromatic rings. The standard InChI is InChI=1S/C28H30N2P/c1-3-12-25(13-4-2)31(26-15-7-5-8-16-26,27-17-9-6-10-18-27)22-24-20-19-23-14-11-21-29-28(23)30-24/h3-10,12-13,15-20H,1,11,14,21-22H2,2H3,(H,29,30)/q+1/b13-4-,25-12+. The molecular formula is C28H30N2P+. The van der Waals surface area contributed by atoms with Gasteiger partial charge in [-0.1, -0.05) is 61.2 Å². The minimum absolute atomic E-state index is 0.875. The summed E-state index contributed by atoms with van der Waals surface area (Å²) < 4.78 is 0. The van der Waals surface area contributed by atoms with Crippen molar-refractivity contribution in [1.29, 1.82) is 0 Å². The van der Waals surface area contributed by atoms with Crippen LogP contribution in [0.4, 0.5) is 5.82 Å². The molecule has 0 unspecified atom stereocenters. The van der Waals surface area contributed by atoms with Crippen LogP contribution in [-0.4, -0.2) is 11.5 Å². The number of rotatable bonds is 7. The highest BCUT2D eigenvalue weighted by Gasteiger charge is 2.46. The van der Waals surface area contributed by atoms with Crippen molar-refractivity contribution >= 4 is 23.7 Å². The van der Waals surface area contributed by atoms with Crippen LogP contribution in [0.1, 0.15) is 24.6 Å². The number of pyridine rings is 1. The average Bonchev–Trinajstić information content (AvgIpc) is 2.83. The second-order valence-electron chi connectivity index (χ2n) is 7.81. The topological polar surface area (TPSA) is 24.9 Å². The van der Waals surface area contributed by atoms with Crippen LogP contribution in [0.15, 0.2) is 109 Å². The van der Waals surface area contributed by atoms with Crippen LogP contribution in [0.5, 0.6) is 0 Å². The average molecular weight is 426 g/mol. The lowest BCUT2D eigenvalue weighted by molar-refractivity contribution is 0.814. The third kappa shape index (κ3) is 4.40. The molecule has 2 heterocycles. The van der Waals surface area contributed by atoms with Crippen LogP contribution in [0.3, 0.4) is 0 Å². The van der Waals surface area contributed by atoms with Crippen LogP contribution in [-0.2, 0) is 12.6 Å². The first-order valence-corrected chi connectivity index (χ1v) is 12.9. The van der Waals surface area contributed by atoms with E-state index in [0.717, 1.165) is 30.6 Å². The zero-order valence-corrected chi connectivity index (χ0v) is 19.1. The van der Waals surface area contributed by atoms with Gasteiger partial charge in [-0.15, -0.1) is 0 Å². The van der Waals surface area contributed by atoms with Crippen LogP contribution in [0, 0.1) is 0 Å². The van der Waals surface area contributed by atoms with Crippen molar-refractivity contribution in [3.05, 3.63) is 120 Å². The molecule has 0 radical (unpaired) electrons. The Hall–Kier alpha value is -2.96. The van der Waals surface area contributed by atoms with Gasteiger partial charge in [0.05, 0.1) is 5.69 Å². The van der Waals surface area contributed by atoms with Gasteiger partial charge in [-0.05, 0) is 67.8 Å². The van der Waals surface area contributed by atoms with E-state index >= 15 is 0 Å². The maximum absolute atomic E-state index is 5.09. The number of aryl methyl sites for hydroxylation is 1. The summed E-state index contributed by atoms with van der Waals surface area (Å²) in [5.41, 5.74) is 2.46. The van der Waals surface area contributed by atoms with Gasteiger partial charge in [0.1, 0.15) is 35.2 Å². The summed E-state index contributed by atoms with van der Waals surface area (Å²) in [4.78, 5) is 5.09.